The quantitative estimate of drug-likeness (QED) is 0.799. The Hall–Kier alpha value is -0.910. The summed E-state index contributed by atoms with van der Waals surface area (Å²) in [7, 11) is -3.44. The number of benzene rings is 1. The largest absolute Gasteiger partial charge is 0.329 e. The predicted octanol–water partition coefficient (Wildman–Crippen LogP) is 1.65. The van der Waals surface area contributed by atoms with Gasteiger partial charge in [0, 0.05) is 12.6 Å². The zero-order valence-corrected chi connectivity index (χ0v) is 12.1. The van der Waals surface area contributed by atoms with E-state index in [1.807, 2.05) is 12.1 Å². The maximum atomic E-state index is 12.2. The van der Waals surface area contributed by atoms with Crippen molar-refractivity contribution < 1.29 is 8.42 Å². The summed E-state index contributed by atoms with van der Waals surface area (Å²) in [5.74, 6) is 0.416. The van der Waals surface area contributed by atoms with E-state index in [9.17, 15) is 8.42 Å². The zero-order valence-electron chi connectivity index (χ0n) is 11.3. The Bertz CT molecular complexity index is 507. The molecule has 2 rings (SSSR count). The van der Waals surface area contributed by atoms with Gasteiger partial charge < -0.3 is 5.73 Å². The van der Waals surface area contributed by atoms with Crippen molar-refractivity contribution >= 4 is 10.0 Å². The van der Waals surface area contributed by atoms with Crippen molar-refractivity contribution in [2.45, 2.75) is 43.5 Å². The molecule has 0 spiro atoms. The van der Waals surface area contributed by atoms with Gasteiger partial charge in [-0.15, -0.1) is 0 Å². The van der Waals surface area contributed by atoms with Crippen LogP contribution in [0.4, 0.5) is 0 Å². The minimum absolute atomic E-state index is 0.125. The number of nitrogens with two attached hydrogens (primary N) is 1. The van der Waals surface area contributed by atoms with Gasteiger partial charge in [-0.2, -0.15) is 0 Å². The molecule has 0 aliphatic heterocycles. The van der Waals surface area contributed by atoms with Crippen LogP contribution in [0.15, 0.2) is 29.2 Å². The van der Waals surface area contributed by atoms with Crippen molar-refractivity contribution in [3.63, 3.8) is 0 Å². The van der Waals surface area contributed by atoms with Crippen LogP contribution in [-0.4, -0.2) is 21.0 Å². The SMILES string of the molecule is CCCc1ccc(S(=O)(=O)NC(CN)C2CC2)cc1. The summed E-state index contributed by atoms with van der Waals surface area (Å²) in [5, 5.41) is 0. The number of sulfonamides is 1. The molecule has 1 aromatic carbocycles. The van der Waals surface area contributed by atoms with Crippen LogP contribution in [0.3, 0.4) is 0 Å². The van der Waals surface area contributed by atoms with E-state index < -0.39 is 10.0 Å². The predicted molar refractivity (Wildman–Crippen MR) is 76.3 cm³/mol. The molecule has 1 fully saturated rings. The van der Waals surface area contributed by atoms with Crippen molar-refractivity contribution in [1.29, 1.82) is 0 Å². The van der Waals surface area contributed by atoms with Gasteiger partial charge in [-0.05, 0) is 42.9 Å². The van der Waals surface area contributed by atoms with E-state index in [2.05, 4.69) is 11.6 Å². The minimum atomic E-state index is -3.44. The van der Waals surface area contributed by atoms with Crippen LogP contribution in [0.5, 0.6) is 0 Å². The third-order valence-electron chi connectivity index (χ3n) is 3.52. The van der Waals surface area contributed by atoms with Crippen LogP contribution in [0, 0.1) is 5.92 Å². The molecule has 5 heteroatoms. The molecule has 0 heterocycles. The summed E-state index contributed by atoms with van der Waals surface area (Å²) in [6, 6.07) is 6.99. The van der Waals surface area contributed by atoms with E-state index in [1.54, 1.807) is 12.1 Å². The Morgan fingerprint density at radius 1 is 1.32 bits per heavy atom. The Morgan fingerprint density at radius 2 is 1.95 bits per heavy atom. The molecule has 0 bridgehead atoms. The molecule has 1 saturated carbocycles. The molecule has 1 aliphatic carbocycles. The molecular formula is C14H22N2O2S. The number of nitrogens with one attached hydrogen (secondary N) is 1. The highest BCUT2D eigenvalue weighted by Gasteiger charge is 2.33. The van der Waals surface area contributed by atoms with Crippen molar-refractivity contribution in [2.24, 2.45) is 11.7 Å². The molecule has 0 radical (unpaired) electrons. The average molecular weight is 282 g/mol. The molecule has 1 aliphatic rings. The topological polar surface area (TPSA) is 72.2 Å². The normalized spacial score (nSPS) is 17.4. The first-order valence-corrected chi connectivity index (χ1v) is 8.36. The average Bonchev–Trinajstić information content (AvgIpc) is 3.21. The first kappa shape index (κ1) is 14.5. The molecule has 19 heavy (non-hydrogen) atoms. The van der Waals surface area contributed by atoms with E-state index in [1.165, 1.54) is 5.56 Å². The van der Waals surface area contributed by atoms with Crippen LogP contribution in [-0.2, 0) is 16.4 Å². The fourth-order valence-electron chi connectivity index (χ4n) is 2.23. The zero-order chi connectivity index (χ0) is 13.9. The van der Waals surface area contributed by atoms with Gasteiger partial charge in [0.25, 0.3) is 0 Å². The molecule has 4 nitrogen and oxygen atoms in total. The second-order valence-electron chi connectivity index (χ2n) is 5.19. The van der Waals surface area contributed by atoms with Gasteiger partial charge in [-0.1, -0.05) is 25.5 Å². The van der Waals surface area contributed by atoms with Crippen molar-refractivity contribution in [2.75, 3.05) is 6.54 Å². The number of hydrogen-bond acceptors (Lipinski definition) is 3. The lowest BCUT2D eigenvalue weighted by molar-refractivity contribution is 0.519. The Morgan fingerprint density at radius 3 is 2.42 bits per heavy atom. The van der Waals surface area contributed by atoms with E-state index in [0.717, 1.165) is 25.7 Å². The van der Waals surface area contributed by atoms with Gasteiger partial charge in [0.2, 0.25) is 10.0 Å². The molecule has 1 atom stereocenters. The smallest absolute Gasteiger partial charge is 0.240 e. The third-order valence-corrected chi connectivity index (χ3v) is 5.03. The van der Waals surface area contributed by atoms with Crippen molar-refractivity contribution in [1.82, 2.24) is 4.72 Å². The van der Waals surface area contributed by atoms with Crippen LogP contribution in [0.25, 0.3) is 0 Å². The molecule has 106 valence electrons. The second kappa shape index (κ2) is 6.03. The first-order valence-electron chi connectivity index (χ1n) is 6.88. The monoisotopic (exact) mass is 282 g/mol. The van der Waals surface area contributed by atoms with Gasteiger partial charge in [0.15, 0.2) is 0 Å². The lowest BCUT2D eigenvalue weighted by Crippen LogP contribution is -2.41. The molecule has 1 aromatic rings. The number of rotatable bonds is 7. The molecule has 0 saturated heterocycles. The molecular weight excluding hydrogens is 260 g/mol. The lowest BCUT2D eigenvalue weighted by Gasteiger charge is -2.16. The fraction of sp³-hybridized carbons (Fsp3) is 0.571. The van der Waals surface area contributed by atoms with E-state index >= 15 is 0 Å². The minimum Gasteiger partial charge on any atom is -0.329 e. The number of aryl methyl sites for hydroxylation is 1. The third kappa shape index (κ3) is 3.78. The summed E-state index contributed by atoms with van der Waals surface area (Å²) >= 11 is 0. The maximum absolute atomic E-state index is 12.2. The van der Waals surface area contributed by atoms with Gasteiger partial charge in [-0.25, -0.2) is 13.1 Å². The van der Waals surface area contributed by atoms with Gasteiger partial charge in [0.05, 0.1) is 4.90 Å². The fourth-order valence-corrected chi connectivity index (χ4v) is 3.54. The lowest BCUT2D eigenvalue weighted by atomic mass is 10.1. The van der Waals surface area contributed by atoms with Gasteiger partial charge in [0.1, 0.15) is 0 Å². The van der Waals surface area contributed by atoms with Crippen LogP contribution in [0.2, 0.25) is 0 Å². The first-order chi connectivity index (χ1) is 9.06. The highest BCUT2D eigenvalue weighted by molar-refractivity contribution is 7.89. The van der Waals surface area contributed by atoms with Crippen LogP contribution in [0.1, 0.15) is 31.7 Å². The molecule has 1 unspecified atom stereocenters. The Balaban J connectivity index is 2.09. The van der Waals surface area contributed by atoms with Crippen molar-refractivity contribution in [3.8, 4) is 0 Å². The summed E-state index contributed by atoms with van der Waals surface area (Å²) in [5.41, 5.74) is 6.80. The molecule has 3 N–H and O–H groups in total. The highest BCUT2D eigenvalue weighted by Crippen LogP contribution is 2.32. The summed E-state index contributed by atoms with van der Waals surface area (Å²) in [6.45, 7) is 2.46. The van der Waals surface area contributed by atoms with Crippen LogP contribution >= 0.6 is 0 Å². The molecule has 0 amide bonds. The summed E-state index contributed by atoms with van der Waals surface area (Å²) in [6.07, 6.45) is 4.17. The van der Waals surface area contributed by atoms with Crippen molar-refractivity contribution in [3.05, 3.63) is 29.8 Å². The van der Waals surface area contributed by atoms with E-state index in [4.69, 9.17) is 5.73 Å². The summed E-state index contributed by atoms with van der Waals surface area (Å²) < 4.78 is 27.2. The Kier molecular flexibility index (Phi) is 4.60. The highest BCUT2D eigenvalue weighted by atomic mass is 32.2. The van der Waals surface area contributed by atoms with Gasteiger partial charge in [-0.3, -0.25) is 0 Å². The van der Waals surface area contributed by atoms with Gasteiger partial charge >= 0.3 is 0 Å². The van der Waals surface area contributed by atoms with E-state index in [-0.39, 0.29) is 6.04 Å². The number of hydrogen-bond donors (Lipinski definition) is 2. The van der Waals surface area contributed by atoms with Crippen LogP contribution < -0.4 is 10.5 Å². The molecule has 0 aromatic heterocycles. The summed E-state index contributed by atoms with van der Waals surface area (Å²) in [4.78, 5) is 0.325. The standard InChI is InChI=1S/C14H22N2O2S/c1-2-3-11-4-8-13(9-5-11)19(17,18)16-14(10-15)12-6-7-12/h4-5,8-9,12,14,16H,2-3,6-7,10,15H2,1H3. The maximum Gasteiger partial charge on any atom is 0.240 e. The van der Waals surface area contributed by atoms with E-state index in [0.29, 0.717) is 17.4 Å². The second-order valence-corrected chi connectivity index (χ2v) is 6.91. The Labute approximate surface area is 115 Å².